The van der Waals surface area contributed by atoms with Gasteiger partial charge in [0.25, 0.3) is 3.91 Å². The van der Waals surface area contributed by atoms with Gasteiger partial charge in [-0.1, -0.05) is 30.3 Å². The summed E-state index contributed by atoms with van der Waals surface area (Å²) in [6.45, 7) is 0.317. The number of hydrogen-bond acceptors (Lipinski definition) is 4. The molecule has 0 N–H and O–H groups in total. The lowest BCUT2D eigenvalue weighted by Crippen LogP contribution is -2.25. The number of ether oxygens (including phenoxy) is 3. The molecule has 0 aliphatic rings. The molecule has 0 heterocycles. The first-order valence-corrected chi connectivity index (χ1v) is 9.70. The van der Waals surface area contributed by atoms with Crippen molar-refractivity contribution >= 4 is 32.2 Å². The maximum Gasteiger partial charge on any atom is 0.288 e. The van der Waals surface area contributed by atoms with Crippen molar-refractivity contribution in [1.82, 2.24) is 0 Å². The van der Waals surface area contributed by atoms with Crippen molar-refractivity contribution in [2.75, 3.05) is 19.1 Å². The van der Waals surface area contributed by atoms with E-state index >= 15 is 0 Å². The lowest BCUT2D eigenvalue weighted by Gasteiger charge is -2.24. The van der Waals surface area contributed by atoms with Gasteiger partial charge < -0.3 is 14.2 Å². The van der Waals surface area contributed by atoms with E-state index in [-0.39, 0.29) is 3.91 Å². The first kappa shape index (κ1) is 20.0. The summed E-state index contributed by atoms with van der Waals surface area (Å²) < 4.78 is 16.7. The largest absolute Gasteiger partial charge is 0.497 e. The molecular formula is C22H20INO4. The summed E-state index contributed by atoms with van der Waals surface area (Å²) in [7, 11) is 3.21. The Morgan fingerprint density at radius 1 is 0.857 bits per heavy atom. The van der Waals surface area contributed by atoms with Crippen LogP contribution in [0.1, 0.15) is 5.56 Å². The minimum absolute atomic E-state index is 0.133. The highest BCUT2D eigenvalue weighted by molar-refractivity contribution is 14.1. The summed E-state index contributed by atoms with van der Waals surface area (Å²) in [5.41, 5.74) is 1.51. The molecule has 144 valence electrons. The van der Waals surface area contributed by atoms with Gasteiger partial charge in [-0.25, -0.2) is 0 Å². The van der Waals surface area contributed by atoms with Crippen LogP contribution < -0.4 is 19.1 Å². The third-order valence-electron chi connectivity index (χ3n) is 4.16. The van der Waals surface area contributed by atoms with Crippen molar-refractivity contribution in [2.45, 2.75) is 6.54 Å². The molecule has 28 heavy (non-hydrogen) atoms. The Labute approximate surface area is 178 Å². The molecular weight excluding hydrogens is 469 g/mol. The second-order valence-electron chi connectivity index (χ2n) is 5.90. The van der Waals surface area contributed by atoms with Gasteiger partial charge in [-0.3, -0.25) is 9.69 Å². The smallest absolute Gasteiger partial charge is 0.288 e. The number of para-hydroxylation sites is 3. The molecule has 0 spiro atoms. The SMILES string of the molecule is COc1ccc(OC)c(CN(C(=O)I)c2ccccc2Oc2ccccc2)c1. The summed E-state index contributed by atoms with van der Waals surface area (Å²) >= 11 is 1.78. The van der Waals surface area contributed by atoms with Gasteiger partial charge in [0, 0.05) is 28.2 Å². The fourth-order valence-corrected chi connectivity index (χ4v) is 3.23. The molecule has 0 aliphatic carbocycles. The molecule has 0 fully saturated rings. The van der Waals surface area contributed by atoms with E-state index < -0.39 is 0 Å². The van der Waals surface area contributed by atoms with E-state index in [1.807, 2.05) is 72.8 Å². The number of anilines is 1. The third kappa shape index (κ3) is 4.75. The molecule has 1 amide bonds. The Morgan fingerprint density at radius 2 is 1.57 bits per heavy atom. The first-order valence-electron chi connectivity index (χ1n) is 8.62. The highest BCUT2D eigenvalue weighted by atomic mass is 127. The minimum Gasteiger partial charge on any atom is -0.497 e. The maximum atomic E-state index is 12.5. The van der Waals surface area contributed by atoms with Gasteiger partial charge in [-0.2, -0.15) is 0 Å². The van der Waals surface area contributed by atoms with Crippen LogP contribution in [0.3, 0.4) is 0 Å². The number of amides is 1. The molecule has 5 nitrogen and oxygen atoms in total. The Bertz CT molecular complexity index is 946. The van der Waals surface area contributed by atoms with Crippen LogP contribution in [-0.2, 0) is 6.54 Å². The normalized spacial score (nSPS) is 10.2. The zero-order valence-electron chi connectivity index (χ0n) is 15.6. The van der Waals surface area contributed by atoms with E-state index in [1.165, 1.54) is 0 Å². The van der Waals surface area contributed by atoms with Gasteiger partial charge in [0.05, 0.1) is 26.5 Å². The van der Waals surface area contributed by atoms with Crippen molar-refractivity contribution in [2.24, 2.45) is 0 Å². The summed E-state index contributed by atoms with van der Waals surface area (Å²) in [5.74, 6) is 2.69. The molecule has 0 saturated heterocycles. The predicted molar refractivity (Wildman–Crippen MR) is 118 cm³/mol. The molecule has 6 heteroatoms. The number of halogens is 1. The van der Waals surface area contributed by atoms with Crippen molar-refractivity contribution in [3.8, 4) is 23.0 Å². The molecule has 0 aliphatic heterocycles. The van der Waals surface area contributed by atoms with Crippen molar-refractivity contribution in [1.29, 1.82) is 0 Å². The van der Waals surface area contributed by atoms with Gasteiger partial charge >= 0.3 is 0 Å². The van der Waals surface area contributed by atoms with Crippen LogP contribution in [-0.4, -0.2) is 18.1 Å². The van der Waals surface area contributed by atoms with Crippen LogP contribution in [0.2, 0.25) is 0 Å². The summed E-state index contributed by atoms with van der Waals surface area (Å²) in [6, 6.07) is 22.5. The highest BCUT2D eigenvalue weighted by Crippen LogP contribution is 2.35. The molecule has 0 aromatic heterocycles. The lowest BCUT2D eigenvalue weighted by molar-refractivity contribution is 0.266. The summed E-state index contributed by atoms with van der Waals surface area (Å²) in [6.07, 6.45) is 0. The second-order valence-corrected chi connectivity index (χ2v) is 6.82. The average Bonchev–Trinajstić information content (AvgIpc) is 2.73. The predicted octanol–water partition coefficient (Wildman–Crippen LogP) is 6.06. The first-order chi connectivity index (χ1) is 13.6. The van der Waals surface area contributed by atoms with Crippen molar-refractivity contribution in [3.63, 3.8) is 0 Å². The Hall–Kier alpha value is -2.74. The van der Waals surface area contributed by atoms with Crippen molar-refractivity contribution in [3.05, 3.63) is 78.4 Å². The zero-order chi connectivity index (χ0) is 19.9. The molecule has 3 rings (SSSR count). The summed E-state index contributed by atoms with van der Waals surface area (Å²) in [4.78, 5) is 14.1. The van der Waals surface area contributed by atoms with Crippen LogP contribution in [0.5, 0.6) is 23.0 Å². The monoisotopic (exact) mass is 489 g/mol. The number of rotatable bonds is 7. The van der Waals surface area contributed by atoms with E-state index in [4.69, 9.17) is 14.2 Å². The van der Waals surface area contributed by atoms with Crippen LogP contribution in [0.25, 0.3) is 0 Å². The Balaban J connectivity index is 1.97. The van der Waals surface area contributed by atoms with Crippen molar-refractivity contribution < 1.29 is 19.0 Å². The van der Waals surface area contributed by atoms with E-state index in [1.54, 1.807) is 41.7 Å². The van der Waals surface area contributed by atoms with Gasteiger partial charge in [-0.05, 0) is 42.5 Å². The van der Waals surface area contributed by atoms with E-state index in [2.05, 4.69) is 0 Å². The standard InChI is InChI=1S/C22H20INO4/c1-26-18-12-13-20(27-2)16(14-18)15-24(22(23)25)19-10-6-7-11-21(19)28-17-8-4-3-5-9-17/h3-14H,15H2,1-2H3. The third-order valence-corrected chi connectivity index (χ3v) is 4.74. The lowest BCUT2D eigenvalue weighted by atomic mass is 10.1. The molecule has 3 aromatic carbocycles. The summed E-state index contributed by atoms with van der Waals surface area (Å²) in [5, 5.41) is 0. The number of hydrogen-bond donors (Lipinski definition) is 0. The molecule has 0 radical (unpaired) electrons. The van der Waals surface area contributed by atoms with Crippen LogP contribution >= 0.6 is 22.6 Å². The van der Waals surface area contributed by atoms with E-state index in [9.17, 15) is 4.79 Å². The van der Waals surface area contributed by atoms with Crippen LogP contribution in [0.4, 0.5) is 10.5 Å². The Morgan fingerprint density at radius 3 is 2.25 bits per heavy atom. The van der Waals surface area contributed by atoms with E-state index in [0.29, 0.717) is 35.2 Å². The van der Waals surface area contributed by atoms with Gasteiger partial charge in [0.2, 0.25) is 0 Å². The quantitative estimate of drug-likeness (QED) is 0.230. The zero-order valence-corrected chi connectivity index (χ0v) is 17.8. The maximum absolute atomic E-state index is 12.5. The molecule has 0 atom stereocenters. The molecule has 0 unspecified atom stereocenters. The fourth-order valence-electron chi connectivity index (χ4n) is 2.80. The minimum atomic E-state index is -0.133. The average molecular weight is 489 g/mol. The molecule has 0 saturated carbocycles. The number of carbonyl (C=O) groups excluding carboxylic acids is 1. The van der Waals surface area contributed by atoms with Gasteiger partial charge in [0.15, 0.2) is 5.75 Å². The topological polar surface area (TPSA) is 48.0 Å². The van der Waals surface area contributed by atoms with Crippen LogP contribution in [0, 0.1) is 0 Å². The van der Waals surface area contributed by atoms with Crippen LogP contribution in [0.15, 0.2) is 72.8 Å². The highest BCUT2D eigenvalue weighted by Gasteiger charge is 2.20. The fraction of sp³-hybridized carbons (Fsp3) is 0.136. The molecule has 3 aromatic rings. The van der Waals surface area contributed by atoms with E-state index in [0.717, 1.165) is 5.56 Å². The number of methoxy groups -OCH3 is 2. The van der Waals surface area contributed by atoms with Gasteiger partial charge in [0.1, 0.15) is 17.2 Å². The van der Waals surface area contributed by atoms with Gasteiger partial charge in [-0.15, -0.1) is 0 Å². The molecule has 0 bridgehead atoms. The Kier molecular flexibility index (Phi) is 6.76. The second kappa shape index (κ2) is 9.45. The number of carbonyl (C=O) groups is 1. The number of benzene rings is 3. The number of nitrogens with zero attached hydrogens (tertiary/aromatic N) is 1.